The third kappa shape index (κ3) is 5.42. The highest BCUT2D eigenvalue weighted by Gasteiger charge is 2.38. The van der Waals surface area contributed by atoms with Crippen molar-refractivity contribution < 1.29 is 17.9 Å². The number of rotatable bonds is 7. The highest BCUT2D eigenvalue weighted by atomic mass is 32.2. The molecule has 1 aromatic heterocycles. The van der Waals surface area contributed by atoms with Gasteiger partial charge in [-0.2, -0.15) is 17.0 Å². The molecule has 8 nitrogen and oxygen atoms in total. The first kappa shape index (κ1) is 22.2. The second-order valence-electron chi connectivity index (χ2n) is 8.06. The molecular weight excluding hydrogens is 416 g/mol. The first-order valence-corrected chi connectivity index (χ1v) is 12.1. The van der Waals surface area contributed by atoms with Crippen LogP contribution in [0.4, 0.5) is 0 Å². The Morgan fingerprint density at radius 2 is 1.87 bits per heavy atom. The molecule has 4 rings (SSSR count). The van der Waals surface area contributed by atoms with Crippen molar-refractivity contribution in [3.63, 3.8) is 0 Å². The van der Waals surface area contributed by atoms with Crippen LogP contribution < -0.4 is 10.5 Å². The molecule has 0 aliphatic carbocycles. The topological polar surface area (TPSA) is 98.0 Å². The molecule has 2 atom stereocenters. The van der Waals surface area contributed by atoms with E-state index in [0.29, 0.717) is 58.4 Å². The smallest absolute Gasteiger partial charge is 0.282 e. The molecule has 3 heterocycles. The number of ether oxygens (including phenoxy) is 2. The van der Waals surface area contributed by atoms with Crippen LogP contribution in [0.25, 0.3) is 0 Å². The van der Waals surface area contributed by atoms with E-state index in [0.717, 1.165) is 17.5 Å². The average Bonchev–Trinajstić information content (AvgIpc) is 2.84. The highest BCUT2D eigenvalue weighted by Crippen LogP contribution is 2.33. The van der Waals surface area contributed by atoms with Gasteiger partial charge in [-0.15, -0.1) is 0 Å². The summed E-state index contributed by atoms with van der Waals surface area (Å²) >= 11 is 0. The van der Waals surface area contributed by atoms with Crippen molar-refractivity contribution in [1.29, 1.82) is 0 Å². The van der Waals surface area contributed by atoms with Gasteiger partial charge in [-0.25, -0.2) is 4.98 Å². The summed E-state index contributed by atoms with van der Waals surface area (Å²) in [6, 6.07) is 13.8. The van der Waals surface area contributed by atoms with Gasteiger partial charge < -0.3 is 15.2 Å². The Kier molecular flexibility index (Phi) is 7.19. The van der Waals surface area contributed by atoms with Gasteiger partial charge in [0.25, 0.3) is 10.2 Å². The lowest BCUT2D eigenvalue weighted by Crippen LogP contribution is -2.53. The van der Waals surface area contributed by atoms with E-state index in [1.165, 1.54) is 4.31 Å². The van der Waals surface area contributed by atoms with E-state index in [9.17, 15) is 8.42 Å². The van der Waals surface area contributed by atoms with Crippen LogP contribution in [-0.2, 0) is 21.5 Å². The first-order chi connectivity index (χ1) is 15.1. The number of hydrogen-bond donors (Lipinski definition) is 1. The van der Waals surface area contributed by atoms with Crippen molar-refractivity contribution in [2.45, 2.75) is 18.9 Å². The molecule has 31 heavy (non-hydrogen) atoms. The lowest BCUT2D eigenvalue weighted by atomic mass is 9.86. The Balaban J connectivity index is 1.51. The van der Waals surface area contributed by atoms with Crippen LogP contribution in [0.2, 0.25) is 0 Å². The van der Waals surface area contributed by atoms with Crippen LogP contribution in [0, 0.1) is 5.92 Å². The predicted octanol–water partition coefficient (Wildman–Crippen LogP) is 1.60. The molecule has 0 spiro atoms. The molecule has 9 heteroatoms. The molecule has 2 aromatic rings. The number of piperidine rings is 1. The molecular formula is C22H30N4O4S. The van der Waals surface area contributed by atoms with Gasteiger partial charge in [0.2, 0.25) is 5.88 Å². The zero-order valence-corrected chi connectivity index (χ0v) is 18.4. The third-order valence-corrected chi connectivity index (χ3v) is 7.87. The van der Waals surface area contributed by atoms with E-state index in [4.69, 9.17) is 15.2 Å². The van der Waals surface area contributed by atoms with Gasteiger partial charge in [0.1, 0.15) is 0 Å². The van der Waals surface area contributed by atoms with Crippen LogP contribution in [0.1, 0.15) is 23.5 Å². The predicted molar refractivity (Wildman–Crippen MR) is 118 cm³/mol. The normalized spacial score (nSPS) is 23.5. The van der Waals surface area contributed by atoms with Crippen molar-refractivity contribution in [2.75, 3.05) is 46.0 Å². The quantitative estimate of drug-likeness (QED) is 0.694. The second-order valence-corrected chi connectivity index (χ2v) is 9.99. The van der Waals surface area contributed by atoms with Gasteiger partial charge in [-0.05, 0) is 29.5 Å². The summed E-state index contributed by atoms with van der Waals surface area (Å²) in [5.41, 5.74) is 7.81. The zero-order valence-electron chi connectivity index (χ0n) is 17.6. The molecule has 2 aliphatic rings. The molecule has 0 radical (unpaired) electrons. The number of nitrogens with zero attached hydrogens (tertiary/aromatic N) is 3. The van der Waals surface area contributed by atoms with Crippen molar-refractivity contribution >= 4 is 10.2 Å². The van der Waals surface area contributed by atoms with Gasteiger partial charge in [-0.3, -0.25) is 0 Å². The van der Waals surface area contributed by atoms with E-state index in [1.54, 1.807) is 10.5 Å². The summed E-state index contributed by atoms with van der Waals surface area (Å²) < 4.78 is 41.2. The van der Waals surface area contributed by atoms with Gasteiger partial charge in [0, 0.05) is 50.9 Å². The van der Waals surface area contributed by atoms with Crippen LogP contribution in [-0.4, -0.2) is 68.0 Å². The standard InChI is InChI=1S/C22H30N4O4S/c23-14-18-6-7-24-22(13-18)30-17-19-12-21(20-4-2-1-3-5-20)16-26(15-19)31(27,28)25-8-10-29-11-9-25/h1-7,13,19,21H,8-12,14-17,23H2/t19-,21+/m0/s1. The van der Waals surface area contributed by atoms with Gasteiger partial charge in [0.15, 0.2) is 0 Å². The minimum Gasteiger partial charge on any atom is -0.477 e. The van der Waals surface area contributed by atoms with E-state index in [2.05, 4.69) is 17.1 Å². The lowest BCUT2D eigenvalue weighted by Gasteiger charge is -2.40. The highest BCUT2D eigenvalue weighted by molar-refractivity contribution is 7.86. The van der Waals surface area contributed by atoms with Gasteiger partial charge in [-0.1, -0.05) is 30.3 Å². The van der Waals surface area contributed by atoms with Crippen LogP contribution in [0.3, 0.4) is 0 Å². The number of aromatic nitrogens is 1. The van der Waals surface area contributed by atoms with Crippen molar-refractivity contribution in [2.24, 2.45) is 11.7 Å². The zero-order chi connectivity index (χ0) is 21.7. The van der Waals surface area contributed by atoms with Crippen LogP contribution in [0.5, 0.6) is 5.88 Å². The SMILES string of the molecule is NCc1ccnc(OC[C@H]2C[C@@H](c3ccccc3)CN(S(=O)(=O)N3CCOCC3)C2)c1. The molecule has 168 valence electrons. The van der Waals surface area contributed by atoms with Crippen LogP contribution in [0.15, 0.2) is 48.7 Å². The van der Waals surface area contributed by atoms with Crippen molar-refractivity contribution in [3.8, 4) is 5.88 Å². The molecule has 0 amide bonds. The van der Waals surface area contributed by atoms with Crippen molar-refractivity contribution in [3.05, 3.63) is 59.8 Å². The molecule has 1 aromatic carbocycles. The number of morpholine rings is 1. The summed E-state index contributed by atoms with van der Waals surface area (Å²) in [5, 5.41) is 0. The molecule has 2 saturated heterocycles. The van der Waals surface area contributed by atoms with E-state index < -0.39 is 10.2 Å². The average molecular weight is 447 g/mol. The second kappa shape index (κ2) is 10.1. The number of pyridine rings is 1. The molecule has 2 aliphatic heterocycles. The van der Waals surface area contributed by atoms with E-state index in [-0.39, 0.29) is 11.8 Å². The van der Waals surface area contributed by atoms with Crippen LogP contribution >= 0.6 is 0 Å². The number of benzene rings is 1. The van der Waals surface area contributed by atoms with Gasteiger partial charge >= 0.3 is 0 Å². The maximum Gasteiger partial charge on any atom is 0.282 e. The fourth-order valence-corrected chi connectivity index (χ4v) is 5.94. The maximum atomic E-state index is 13.4. The van der Waals surface area contributed by atoms with E-state index in [1.807, 2.05) is 30.3 Å². The summed E-state index contributed by atoms with van der Waals surface area (Å²) in [6.07, 6.45) is 2.54. The Morgan fingerprint density at radius 3 is 2.61 bits per heavy atom. The maximum absolute atomic E-state index is 13.4. The third-order valence-electron chi connectivity index (χ3n) is 5.90. The fraction of sp³-hybridized carbons (Fsp3) is 0.500. The molecule has 0 bridgehead atoms. The molecule has 0 unspecified atom stereocenters. The largest absolute Gasteiger partial charge is 0.477 e. The Hall–Kier alpha value is -2.04. The summed E-state index contributed by atoms with van der Waals surface area (Å²) in [5.74, 6) is 0.688. The summed E-state index contributed by atoms with van der Waals surface area (Å²) in [7, 11) is -3.55. The lowest BCUT2D eigenvalue weighted by molar-refractivity contribution is 0.0678. The minimum absolute atomic E-state index is 0.0538. The van der Waals surface area contributed by atoms with Gasteiger partial charge in [0.05, 0.1) is 19.8 Å². The molecule has 2 fully saturated rings. The first-order valence-electron chi connectivity index (χ1n) is 10.7. The number of nitrogens with two attached hydrogens (primary N) is 1. The minimum atomic E-state index is -3.55. The molecule has 0 saturated carbocycles. The Labute approximate surface area is 184 Å². The Bertz CT molecular complexity index is 951. The summed E-state index contributed by atoms with van der Waals surface area (Å²) in [6.45, 7) is 3.39. The van der Waals surface area contributed by atoms with E-state index >= 15 is 0 Å². The Morgan fingerprint density at radius 1 is 1.10 bits per heavy atom. The summed E-state index contributed by atoms with van der Waals surface area (Å²) in [4.78, 5) is 4.26. The van der Waals surface area contributed by atoms with Crippen molar-refractivity contribution in [1.82, 2.24) is 13.6 Å². The monoisotopic (exact) mass is 446 g/mol. The number of hydrogen-bond acceptors (Lipinski definition) is 6. The fourth-order valence-electron chi connectivity index (χ4n) is 4.24. The molecule has 2 N–H and O–H groups in total.